The summed E-state index contributed by atoms with van der Waals surface area (Å²) in [6.45, 7) is 2.72. The van der Waals surface area contributed by atoms with Gasteiger partial charge in [0.05, 0.1) is 11.7 Å². The molecule has 0 spiro atoms. The zero-order chi connectivity index (χ0) is 11.6. The summed E-state index contributed by atoms with van der Waals surface area (Å²) in [6, 6.07) is 7.63. The van der Waals surface area contributed by atoms with Crippen LogP contribution in [0.4, 0.5) is 0 Å². The summed E-state index contributed by atoms with van der Waals surface area (Å²) in [5, 5.41) is 10.9. The Morgan fingerprint density at radius 1 is 1.50 bits per heavy atom. The van der Waals surface area contributed by atoms with Gasteiger partial charge in [-0.25, -0.2) is 0 Å². The summed E-state index contributed by atoms with van der Waals surface area (Å²) < 4.78 is 5.62. The fourth-order valence-corrected chi connectivity index (χ4v) is 2.36. The van der Waals surface area contributed by atoms with Crippen LogP contribution in [0.2, 0.25) is 5.02 Å². The Bertz CT molecular complexity index is 359. The highest BCUT2D eigenvalue weighted by Crippen LogP contribution is 2.31. The monoisotopic (exact) mass is 240 g/mol. The predicted octanol–water partition coefficient (Wildman–Crippen LogP) is 2.81. The van der Waals surface area contributed by atoms with Gasteiger partial charge < -0.3 is 9.84 Å². The fourth-order valence-electron chi connectivity index (χ4n) is 2.15. The molecule has 16 heavy (non-hydrogen) atoms. The van der Waals surface area contributed by atoms with E-state index in [1.807, 2.05) is 31.2 Å². The van der Waals surface area contributed by atoms with E-state index >= 15 is 0 Å². The Morgan fingerprint density at radius 2 is 2.25 bits per heavy atom. The van der Waals surface area contributed by atoms with Gasteiger partial charge in [0.25, 0.3) is 0 Å². The van der Waals surface area contributed by atoms with Gasteiger partial charge in [0.1, 0.15) is 0 Å². The third-order valence-electron chi connectivity index (χ3n) is 3.33. The Kier molecular flexibility index (Phi) is 3.53. The number of ether oxygens (including phenoxy) is 1. The third kappa shape index (κ3) is 2.40. The van der Waals surface area contributed by atoms with E-state index in [-0.39, 0.29) is 0 Å². The van der Waals surface area contributed by atoms with Gasteiger partial charge in [-0.2, -0.15) is 0 Å². The Morgan fingerprint density at radius 3 is 2.88 bits per heavy atom. The van der Waals surface area contributed by atoms with Crippen molar-refractivity contribution < 1.29 is 9.84 Å². The molecule has 1 aromatic carbocycles. The van der Waals surface area contributed by atoms with Crippen molar-refractivity contribution in [3.8, 4) is 0 Å². The van der Waals surface area contributed by atoms with Crippen molar-refractivity contribution in [3.63, 3.8) is 0 Å². The molecule has 2 rings (SSSR count). The Balaban J connectivity index is 2.07. The molecule has 3 heteroatoms. The van der Waals surface area contributed by atoms with Crippen molar-refractivity contribution in [2.24, 2.45) is 0 Å². The van der Waals surface area contributed by atoms with Gasteiger partial charge in [-0.1, -0.05) is 29.8 Å². The number of benzene rings is 1. The molecule has 1 aromatic rings. The van der Waals surface area contributed by atoms with Crippen LogP contribution >= 0.6 is 11.6 Å². The second kappa shape index (κ2) is 4.74. The lowest BCUT2D eigenvalue weighted by molar-refractivity contribution is -0.0768. The molecule has 88 valence electrons. The molecule has 1 saturated heterocycles. The van der Waals surface area contributed by atoms with Gasteiger partial charge in [-0.15, -0.1) is 0 Å². The number of hydrogen-bond donors (Lipinski definition) is 1. The molecule has 0 amide bonds. The maximum absolute atomic E-state index is 10.2. The average Bonchev–Trinajstić information content (AvgIpc) is 2.70. The van der Waals surface area contributed by atoms with Crippen LogP contribution < -0.4 is 0 Å². The van der Waals surface area contributed by atoms with E-state index in [9.17, 15) is 5.11 Å². The molecule has 1 fully saturated rings. The standard InChI is InChI=1S/C13H17ClO2/c1-13(7-4-8-16-13)12(15)9-10-5-2-3-6-11(10)14/h2-3,5-6,12,15H,4,7-9H2,1H3. The van der Waals surface area contributed by atoms with Crippen molar-refractivity contribution >= 4 is 11.6 Å². The summed E-state index contributed by atoms with van der Waals surface area (Å²) in [7, 11) is 0. The predicted molar refractivity (Wildman–Crippen MR) is 64.8 cm³/mol. The topological polar surface area (TPSA) is 29.5 Å². The van der Waals surface area contributed by atoms with E-state index in [0.29, 0.717) is 11.4 Å². The second-order valence-corrected chi connectivity index (χ2v) is 4.98. The third-order valence-corrected chi connectivity index (χ3v) is 3.69. The number of aliphatic hydroxyl groups excluding tert-OH is 1. The summed E-state index contributed by atoms with van der Waals surface area (Å²) in [5.74, 6) is 0. The SMILES string of the molecule is CC1(C(O)Cc2ccccc2Cl)CCCO1. The van der Waals surface area contributed by atoms with E-state index in [0.717, 1.165) is 25.0 Å². The molecule has 2 nitrogen and oxygen atoms in total. The van der Waals surface area contributed by atoms with Crippen LogP contribution in [0.15, 0.2) is 24.3 Å². The highest BCUT2D eigenvalue weighted by molar-refractivity contribution is 6.31. The van der Waals surface area contributed by atoms with E-state index in [1.165, 1.54) is 0 Å². The van der Waals surface area contributed by atoms with Gasteiger partial charge in [0, 0.05) is 18.1 Å². The highest BCUT2D eigenvalue weighted by Gasteiger charge is 2.37. The van der Waals surface area contributed by atoms with Crippen molar-refractivity contribution in [1.82, 2.24) is 0 Å². The normalized spacial score (nSPS) is 26.9. The molecule has 0 aliphatic carbocycles. The molecule has 0 bridgehead atoms. The van der Waals surface area contributed by atoms with Crippen LogP contribution in [0.1, 0.15) is 25.3 Å². The molecule has 1 aliphatic heterocycles. The first kappa shape index (κ1) is 11.9. The average molecular weight is 241 g/mol. The van der Waals surface area contributed by atoms with Gasteiger partial charge in [0.2, 0.25) is 0 Å². The minimum absolute atomic E-state index is 0.404. The molecule has 1 heterocycles. The summed E-state index contributed by atoms with van der Waals surface area (Å²) in [5.41, 5.74) is 0.576. The number of rotatable bonds is 3. The van der Waals surface area contributed by atoms with Crippen LogP contribution in [-0.4, -0.2) is 23.4 Å². The van der Waals surface area contributed by atoms with Crippen molar-refractivity contribution in [3.05, 3.63) is 34.9 Å². The highest BCUT2D eigenvalue weighted by atomic mass is 35.5. The zero-order valence-corrected chi connectivity index (χ0v) is 10.2. The molecular weight excluding hydrogens is 224 g/mol. The first-order chi connectivity index (χ1) is 7.62. The maximum atomic E-state index is 10.2. The van der Waals surface area contributed by atoms with Crippen LogP contribution in [0.3, 0.4) is 0 Å². The molecule has 2 unspecified atom stereocenters. The van der Waals surface area contributed by atoms with E-state index in [1.54, 1.807) is 0 Å². The van der Waals surface area contributed by atoms with Crippen LogP contribution in [0.5, 0.6) is 0 Å². The molecule has 1 N–H and O–H groups in total. The lowest BCUT2D eigenvalue weighted by Crippen LogP contribution is -2.40. The molecule has 2 atom stereocenters. The van der Waals surface area contributed by atoms with Gasteiger partial charge in [0.15, 0.2) is 0 Å². The fraction of sp³-hybridized carbons (Fsp3) is 0.538. The van der Waals surface area contributed by atoms with Crippen molar-refractivity contribution in [1.29, 1.82) is 0 Å². The summed E-state index contributed by atoms with van der Waals surface area (Å²) in [6.07, 6.45) is 2.00. The number of aliphatic hydroxyl groups is 1. The lowest BCUT2D eigenvalue weighted by atomic mass is 9.91. The first-order valence-electron chi connectivity index (χ1n) is 5.67. The van der Waals surface area contributed by atoms with E-state index in [4.69, 9.17) is 16.3 Å². The number of halogens is 1. The smallest absolute Gasteiger partial charge is 0.0916 e. The Labute approximate surface area is 101 Å². The Hall–Kier alpha value is -0.570. The molecule has 1 aliphatic rings. The van der Waals surface area contributed by atoms with Crippen LogP contribution in [-0.2, 0) is 11.2 Å². The molecule has 0 aromatic heterocycles. The van der Waals surface area contributed by atoms with Gasteiger partial charge in [-0.3, -0.25) is 0 Å². The van der Waals surface area contributed by atoms with E-state index < -0.39 is 11.7 Å². The van der Waals surface area contributed by atoms with Crippen LogP contribution in [0.25, 0.3) is 0 Å². The summed E-state index contributed by atoms with van der Waals surface area (Å²) >= 11 is 6.07. The second-order valence-electron chi connectivity index (χ2n) is 4.58. The minimum atomic E-state index is -0.491. The molecular formula is C13H17ClO2. The number of hydrogen-bond acceptors (Lipinski definition) is 2. The maximum Gasteiger partial charge on any atom is 0.0916 e. The van der Waals surface area contributed by atoms with Crippen molar-refractivity contribution in [2.45, 2.75) is 37.9 Å². The first-order valence-corrected chi connectivity index (χ1v) is 6.05. The van der Waals surface area contributed by atoms with Crippen molar-refractivity contribution in [2.75, 3.05) is 6.61 Å². The molecule has 0 saturated carbocycles. The van der Waals surface area contributed by atoms with Gasteiger partial charge in [-0.05, 0) is 31.4 Å². The van der Waals surface area contributed by atoms with Gasteiger partial charge >= 0.3 is 0 Å². The lowest BCUT2D eigenvalue weighted by Gasteiger charge is -2.29. The van der Waals surface area contributed by atoms with E-state index in [2.05, 4.69) is 0 Å². The van der Waals surface area contributed by atoms with Crippen LogP contribution in [0, 0.1) is 0 Å². The minimum Gasteiger partial charge on any atom is -0.390 e. The largest absolute Gasteiger partial charge is 0.390 e. The zero-order valence-electron chi connectivity index (χ0n) is 9.45. The summed E-state index contributed by atoms with van der Waals surface area (Å²) in [4.78, 5) is 0. The quantitative estimate of drug-likeness (QED) is 0.881. The molecule has 0 radical (unpaired) electrons.